The summed E-state index contributed by atoms with van der Waals surface area (Å²) < 4.78 is 11.7. The average Bonchev–Trinajstić information content (AvgIpc) is 2.89. The number of aliphatic hydroxyl groups is 1. The smallest absolute Gasteiger partial charge is 0.308 e. The number of ether oxygens (including phenoxy) is 2. The molecule has 1 saturated heterocycles. The molecule has 126 valence electrons. The molecule has 0 radical (unpaired) electrons. The SMILES string of the molecule is CC(=O)Oc1ccc2c3c1O[C@H]1[C@@H](O)C=CC4[C@@H](C2)N(C)CC[C@@]341. The number of hydrogen-bond donors (Lipinski definition) is 1. The van der Waals surface area contributed by atoms with E-state index in [2.05, 4.69) is 24.1 Å². The molecule has 4 aliphatic rings. The first-order valence-corrected chi connectivity index (χ1v) is 8.60. The van der Waals surface area contributed by atoms with Crippen LogP contribution in [0.5, 0.6) is 11.5 Å². The minimum absolute atomic E-state index is 0.204. The number of likely N-dealkylation sites (N-methyl/N-ethyl adjacent to an activating group) is 1. The van der Waals surface area contributed by atoms with Crippen LogP contribution in [0.25, 0.3) is 0 Å². The Balaban J connectivity index is 1.76. The Morgan fingerprint density at radius 3 is 3.04 bits per heavy atom. The highest BCUT2D eigenvalue weighted by atomic mass is 16.6. The second-order valence-electron chi connectivity index (χ2n) is 7.50. The molecule has 5 heteroatoms. The van der Waals surface area contributed by atoms with Crippen molar-refractivity contribution in [3.63, 3.8) is 0 Å². The summed E-state index contributed by atoms with van der Waals surface area (Å²) in [6.07, 6.45) is 5.04. The zero-order chi connectivity index (χ0) is 16.6. The van der Waals surface area contributed by atoms with Crippen LogP contribution in [0.1, 0.15) is 24.5 Å². The number of esters is 1. The number of aliphatic hydroxyl groups excluding tert-OH is 1. The van der Waals surface area contributed by atoms with Gasteiger partial charge in [0.2, 0.25) is 0 Å². The van der Waals surface area contributed by atoms with Crippen LogP contribution in [0.15, 0.2) is 24.3 Å². The molecule has 1 N–H and O–H groups in total. The van der Waals surface area contributed by atoms with Gasteiger partial charge in [-0.25, -0.2) is 0 Å². The van der Waals surface area contributed by atoms with Crippen molar-refractivity contribution in [2.45, 2.75) is 43.4 Å². The molecule has 24 heavy (non-hydrogen) atoms. The van der Waals surface area contributed by atoms with Gasteiger partial charge >= 0.3 is 5.97 Å². The molecule has 5 atom stereocenters. The van der Waals surface area contributed by atoms with Gasteiger partial charge in [-0.1, -0.05) is 18.2 Å². The van der Waals surface area contributed by atoms with E-state index < -0.39 is 6.10 Å². The molecule has 1 aromatic rings. The highest BCUT2D eigenvalue weighted by Crippen LogP contribution is 2.62. The summed E-state index contributed by atoms with van der Waals surface area (Å²) >= 11 is 0. The van der Waals surface area contributed by atoms with Gasteiger partial charge in [0.05, 0.1) is 0 Å². The van der Waals surface area contributed by atoms with Crippen molar-refractivity contribution in [2.75, 3.05) is 13.6 Å². The van der Waals surface area contributed by atoms with E-state index in [1.165, 1.54) is 18.1 Å². The van der Waals surface area contributed by atoms with Gasteiger partial charge in [0, 0.05) is 29.9 Å². The lowest BCUT2D eigenvalue weighted by atomic mass is 9.53. The zero-order valence-electron chi connectivity index (χ0n) is 13.9. The van der Waals surface area contributed by atoms with Crippen molar-refractivity contribution in [1.82, 2.24) is 4.90 Å². The number of benzene rings is 1. The van der Waals surface area contributed by atoms with Gasteiger partial charge in [-0.05, 0) is 38.1 Å². The van der Waals surface area contributed by atoms with Crippen LogP contribution in [-0.4, -0.2) is 47.8 Å². The fourth-order valence-electron chi connectivity index (χ4n) is 5.46. The molecule has 5 rings (SSSR count). The summed E-state index contributed by atoms with van der Waals surface area (Å²) in [5.74, 6) is 1.12. The van der Waals surface area contributed by atoms with E-state index >= 15 is 0 Å². The van der Waals surface area contributed by atoms with Gasteiger partial charge < -0.3 is 19.5 Å². The maximum atomic E-state index is 11.5. The molecule has 2 aliphatic carbocycles. The van der Waals surface area contributed by atoms with E-state index in [4.69, 9.17) is 9.47 Å². The number of hydrogen-bond acceptors (Lipinski definition) is 5. The fraction of sp³-hybridized carbons (Fsp3) is 0.526. The van der Waals surface area contributed by atoms with Crippen molar-refractivity contribution < 1.29 is 19.4 Å². The third-order valence-electron chi connectivity index (χ3n) is 6.39. The molecule has 2 heterocycles. The second kappa shape index (κ2) is 4.61. The highest BCUT2D eigenvalue weighted by Gasteiger charge is 2.64. The summed E-state index contributed by atoms with van der Waals surface area (Å²) in [7, 11) is 2.18. The molecule has 2 bridgehead atoms. The number of carbonyl (C=O) groups excluding carboxylic acids is 1. The van der Waals surface area contributed by atoms with Crippen LogP contribution in [0.4, 0.5) is 0 Å². The first-order valence-electron chi connectivity index (χ1n) is 8.60. The molecule has 1 aromatic carbocycles. The van der Waals surface area contributed by atoms with Gasteiger partial charge in [0.1, 0.15) is 12.2 Å². The van der Waals surface area contributed by atoms with E-state index in [-0.39, 0.29) is 17.5 Å². The first kappa shape index (κ1) is 14.5. The summed E-state index contributed by atoms with van der Waals surface area (Å²) in [5.41, 5.74) is 2.23. The standard InChI is InChI=1S/C19H21NO4/c1-10(21)23-15-6-3-11-9-13-12-4-5-14(22)18-19(12,7-8-20(13)2)16(11)17(15)24-18/h3-6,12-14,18,22H,7-9H2,1-2H3/t12?,13-,14+,18+,19+/m1/s1. The van der Waals surface area contributed by atoms with E-state index in [0.29, 0.717) is 23.5 Å². The number of rotatable bonds is 1. The molecule has 1 fully saturated rings. The summed E-state index contributed by atoms with van der Waals surface area (Å²) in [6, 6.07) is 4.32. The quantitative estimate of drug-likeness (QED) is 0.480. The summed E-state index contributed by atoms with van der Waals surface area (Å²) in [4.78, 5) is 13.9. The van der Waals surface area contributed by atoms with Crippen LogP contribution in [0, 0.1) is 5.92 Å². The maximum absolute atomic E-state index is 11.5. The molecule has 2 aliphatic heterocycles. The topological polar surface area (TPSA) is 59.0 Å². The Bertz CT molecular complexity index is 773. The maximum Gasteiger partial charge on any atom is 0.308 e. The Hall–Kier alpha value is -1.85. The second-order valence-corrected chi connectivity index (χ2v) is 7.50. The minimum atomic E-state index is -0.631. The number of carbonyl (C=O) groups is 1. The molecule has 0 saturated carbocycles. The van der Waals surface area contributed by atoms with E-state index in [1.807, 2.05) is 12.1 Å². The summed E-state index contributed by atoms with van der Waals surface area (Å²) in [6.45, 7) is 2.38. The largest absolute Gasteiger partial charge is 0.482 e. The summed E-state index contributed by atoms with van der Waals surface area (Å²) in [5, 5.41) is 10.6. The zero-order valence-corrected chi connectivity index (χ0v) is 13.9. The molecule has 0 aromatic heterocycles. The monoisotopic (exact) mass is 327 g/mol. The highest BCUT2D eigenvalue weighted by molar-refractivity contribution is 5.72. The van der Waals surface area contributed by atoms with E-state index in [9.17, 15) is 9.90 Å². The lowest BCUT2D eigenvalue weighted by Gasteiger charge is -2.56. The Morgan fingerprint density at radius 1 is 1.42 bits per heavy atom. The van der Waals surface area contributed by atoms with Crippen molar-refractivity contribution in [1.29, 1.82) is 0 Å². The van der Waals surface area contributed by atoms with E-state index in [1.54, 1.807) is 0 Å². The number of likely N-dealkylation sites (tertiary alicyclic amines) is 1. The predicted octanol–water partition coefficient (Wildman–Crippen LogP) is 1.42. The third-order valence-corrected chi connectivity index (χ3v) is 6.39. The van der Waals surface area contributed by atoms with Gasteiger partial charge in [-0.2, -0.15) is 0 Å². The molecule has 5 nitrogen and oxygen atoms in total. The van der Waals surface area contributed by atoms with Crippen LogP contribution in [0.3, 0.4) is 0 Å². The Labute approximate surface area is 140 Å². The van der Waals surface area contributed by atoms with Crippen molar-refractivity contribution in [3.8, 4) is 11.5 Å². The normalized spacial score (nSPS) is 38.5. The Morgan fingerprint density at radius 2 is 2.25 bits per heavy atom. The van der Waals surface area contributed by atoms with E-state index in [0.717, 1.165) is 19.4 Å². The lowest BCUT2D eigenvalue weighted by Crippen LogP contribution is -2.64. The minimum Gasteiger partial charge on any atom is -0.482 e. The van der Waals surface area contributed by atoms with Crippen molar-refractivity contribution in [3.05, 3.63) is 35.4 Å². The number of nitrogens with zero attached hydrogens (tertiary/aromatic N) is 1. The van der Waals surface area contributed by atoms with Gasteiger partial charge in [0.25, 0.3) is 0 Å². The Kier molecular flexibility index (Phi) is 2.78. The van der Waals surface area contributed by atoms with Crippen molar-refractivity contribution >= 4 is 5.97 Å². The average molecular weight is 327 g/mol. The van der Waals surface area contributed by atoms with Gasteiger partial charge in [-0.3, -0.25) is 4.79 Å². The fourth-order valence-corrected chi connectivity index (χ4v) is 5.46. The first-order chi connectivity index (χ1) is 11.5. The van der Waals surface area contributed by atoms with Crippen LogP contribution >= 0.6 is 0 Å². The lowest BCUT2D eigenvalue weighted by molar-refractivity contribution is -0.132. The van der Waals surface area contributed by atoms with Gasteiger partial charge in [-0.15, -0.1) is 0 Å². The van der Waals surface area contributed by atoms with Crippen molar-refractivity contribution in [2.24, 2.45) is 5.92 Å². The molecular weight excluding hydrogens is 306 g/mol. The molecule has 1 spiro atoms. The molecular formula is C19H21NO4. The van der Waals surface area contributed by atoms with Crippen LogP contribution < -0.4 is 9.47 Å². The molecule has 0 amide bonds. The van der Waals surface area contributed by atoms with Crippen LogP contribution in [-0.2, 0) is 16.6 Å². The predicted molar refractivity (Wildman–Crippen MR) is 87.2 cm³/mol. The van der Waals surface area contributed by atoms with Gasteiger partial charge in [0.15, 0.2) is 11.5 Å². The van der Waals surface area contributed by atoms with Crippen LogP contribution in [0.2, 0.25) is 0 Å². The molecule has 1 unspecified atom stereocenters. The third kappa shape index (κ3) is 1.59. The number of piperidine rings is 1.